The number of carbonyl (C=O) groups is 1. The predicted octanol–water partition coefficient (Wildman–Crippen LogP) is 1.34. The van der Waals surface area contributed by atoms with Gasteiger partial charge >= 0.3 is 0 Å². The maximum atomic E-state index is 11.7. The van der Waals surface area contributed by atoms with Gasteiger partial charge < -0.3 is 10.1 Å². The van der Waals surface area contributed by atoms with Gasteiger partial charge in [-0.25, -0.2) is 0 Å². The van der Waals surface area contributed by atoms with E-state index in [1.54, 1.807) is 25.7 Å². The van der Waals surface area contributed by atoms with Crippen LogP contribution in [0.5, 0.6) is 5.75 Å². The molecule has 5 heteroatoms. The van der Waals surface area contributed by atoms with Gasteiger partial charge in [-0.15, -0.1) is 0 Å². The van der Waals surface area contributed by atoms with E-state index in [9.17, 15) is 4.79 Å². The highest BCUT2D eigenvalue weighted by Gasteiger charge is 2.04. The minimum atomic E-state index is -0.0455. The van der Waals surface area contributed by atoms with Crippen LogP contribution in [0.25, 0.3) is 0 Å². The SMILES string of the molecule is COc1ccc(CC(=O)NCc2cnccn2)cc1. The second kappa shape index (κ2) is 6.49. The Bertz CT molecular complexity index is 526. The first-order valence-corrected chi connectivity index (χ1v) is 5.92. The van der Waals surface area contributed by atoms with E-state index in [2.05, 4.69) is 15.3 Å². The van der Waals surface area contributed by atoms with Crippen LogP contribution < -0.4 is 10.1 Å². The van der Waals surface area contributed by atoms with Crippen molar-refractivity contribution in [1.29, 1.82) is 0 Å². The smallest absolute Gasteiger partial charge is 0.224 e. The monoisotopic (exact) mass is 257 g/mol. The van der Waals surface area contributed by atoms with Gasteiger partial charge in [0.1, 0.15) is 5.75 Å². The lowest BCUT2D eigenvalue weighted by molar-refractivity contribution is -0.120. The van der Waals surface area contributed by atoms with Crippen LogP contribution in [0.4, 0.5) is 0 Å². The summed E-state index contributed by atoms with van der Waals surface area (Å²) >= 11 is 0. The van der Waals surface area contributed by atoms with E-state index in [1.165, 1.54) is 0 Å². The molecule has 5 nitrogen and oxygen atoms in total. The highest BCUT2D eigenvalue weighted by Crippen LogP contribution is 2.11. The minimum absolute atomic E-state index is 0.0455. The predicted molar refractivity (Wildman–Crippen MR) is 70.6 cm³/mol. The Morgan fingerprint density at radius 3 is 2.68 bits per heavy atom. The van der Waals surface area contributed by atoms with Crippen molar-refractivity contribution >= 4 is 5.91 Å². The summed E-state index contributed by atoms with van der Waals surface area (Å²) in [5, 5.41) is 2.80. The number of rotatable bonds is 5. The number of aromatic nitrogens is 2. The number of hydrogen-bond donors (Lipinski definition) is 1. The number of benzene rings is 1. The molecule has 0 saturated carbocycles. The summed E-state index contributed by atoms with van der Waals surface area (Å²) in [6.07, 6.45) is 5.17. The fraction of sp³-hybridized carbons (Fsp3) is 0.214. The molecule has 1 heterocycles. The molecule has 0 saturated heterocycles. The molecular weight excluding hydrogens is 242 g/mol. The molecular formula is C14H15N3O2. The van der Waals surface area contributed by atoms with Gasteiger partial charge in [0.05, 0.1) is 32.0 Å². The maximum Gasteiger partial charge on any atom is 0.224 e. The normalized spacial score (nSPS) is 9.95. The summed E-state index contributed by atoms with van der Waals surface area (Å²) < 4.78 is 5.06. The minimum Gasteiger partial charge on any atom is -0.497 e. The van der Waals surface area contributed by atoms with Crippen LogP contribution in [0.1, 0.15) is 11.3 Å². The van der Waals surface area contributed by atoms with Gasteiger partial charge in [-0.1, -0.05) is 12.1 Å². The van der Waals surface area contributed by atoms with Crippen LogP contribution in [0.15, 0.2) is 42.9 Å². The Balaban J connectivity index is 1.83. The van der Waals surface area contributed by atoms with Crippen molar-refractivity contribution in [3.8, 4) is 5.75 Å². The van der Waals surface area contributed by atoms with E-state index < -0.39 is 0 Å². The zero-order chi connectivity index (χ0) is 13.5. The van der Waals surface area contributed by atoms with Gasteiger partial charge in [-0.3, -0.25) is 14.8 Å². The van der Waals surface area contributed by atoms with E-state index >= 15 is 0 Å². The fourth-order valence-corrected chi connectivity index (χ4v) is 1.60. The molecule has 0 unspecified atom stereocenters. The van der Waals surface area contributed by atoms with E-state index in [0.717, 1.165) is 17.0 Å². The molecule has 2 rings (SSSR count). The van der Waals surface area contributed by atoms with Crippen LogP contribution in [0, 0.1) is 0 Å². The number of hydrogen-bond acceptors (Lipinski definition) is 4. The largest absolute Gasteiger partial charge is 0.497 e. The molecule has 1 aromatic carbocycles. The summed E-state index contributed by atoms with van der Waals surface area (Å²) in [6, 6.07) is 7.43. The molecule has 98 valence electrons. The second-order valence-corrected chi connectivity index (χ2v) is 4.00. The molecule has 0 radical (unpaired) electrons. The number of nitrogens with one attached hydrogen (secondary N) is 1. The average molecular weight is 257 g/mol. The average Bonchev–Trinajstić information content (AvgIpc) is 2.47. The highest BCUT2D eigenvalue weighted by atomic mass is 16.5. The summed E-state index contributed by atoms with van der Waals surface area (Å²) in [6.45, 7) is 0.392. The maximum absolute atomic E-state index is 11.7. The quantitative estimate of drug-likeness (QED) is 0.878. The van der Waals surface area contributed by atoms with Crippen LogP contribution >= 0.6 is 0 Å². The summed E-state index contributed by atoms with van der Waals surface area (Å²) in [4.78, 5) is 19.8. The molecule has 0 bridgehead atoms. The third-order valence-electron chi connectivity index (χ3n) is 2.61. The van der Waals surface area contributed by atoms with Crippen LogP contribution in [0.2, 0.25) is 0 Å². The van der Waals surface area contributed by atoms with Crippen molar-refractivity contribution < 1.29 is 9.53 Å². The zero-order valence-corrected chi connectivity index (χ0v) is 10.7. The van der Waals surface area contributed by atoms with Crippen molar-refractivity contribution in [3.63, 3.8) is 0 Å². The zero-order valence-electron chi connectivity index (χ0n) is 10.7. The highest BCUT2D eigenvalue weighted by molar-refractivity contribution is 5.78. The lowest BCUT2D eigenvalue weighted by Gasteiger charge is -2.05. The lowest BCUT2D eigenvalue weighted by Crippen LogP contribution is -2.25. The molecule has 19 heavy (non-hydrogen) atoms. The van der Waals surface area contributed by atoms with E-state index in [-0.39, 0.29) is 5.91 Å². The Kier molecular flexibility index (Phi) is 4.44. The third kappa shape index (κ3) is 4.06. The third-order valence-corrected chi connectivity index (χ3v) is 2.61. The number of methoxy groups -OCH3 is 1. The fourth-order valence-electron chi connectivity index (χ4n) is 1.60. The molecule has 0 aliphatic heterocycles. The Hall–Kier alpha value is -2.43. The van der Waals surface area contributed by atoms with Crippen molar-refractivity contribution in [2.45, 2.75) is 13.0 Å². The lowest BCUT2D eigenvalue weighted by atomic mass is 10.1. The Morgan fingerprint density at radius 1 is 1.26 bits per heavy atom. The molecule has 1 aromatic heterocycles. The van der Waals surface area contributed by atoms with Crippen molar-refractivity contribution in [1.82, 2.24) is 15.3 Å². The van der Waals surface area contributed by atoms with E-state index in [4.69, 9.17) is 4.74 Å². The number of ether oxygens (including phenoxy) is 1. The van der Waals surface area contributed by atoms with Crippen molar-refractivity contribution in [2.24, 2.45) is 0 Å². The second-order valence-electron chi connectivity index (χ2n) is 4.00. The van der Waals surface area contributed by atoms with Gasteiger partial charge in [0, 0.05) is 12.4 Å². The molecule has 1 N–H and O–H groups in total. The standard InChI is InChI=1S/C14H15N3O2/c1-19-13-4-2-11(3-5-13)8-14(18)17-10-12-9-15-6-7-16-12/h2-7,9H,8,10H2,1H3,(H,17,18). The molecule has 0 fully saturated rings. The Labute approximate surface area is 111 Å². The molecule has 1 amide bonds. The van der Waals surface area contributed by atoms with Gasteiger partial charge in [-0.05, 0) is 17.7 Å². The molecule has 2 aromatic rings. The number of nitrogens with zero attached hydrogens (tertiary/aromatic N) is 2. The van der Waals surface area contributed by atoms with Gasteiger partial charge in [0.2, 0.25) is 5.91 Å². The molecule has 0 aliphatic carbocycles. The first-order chi connectivity index (χ1) is 9.28. The van der Waals surface area contributed by atoms with Gasteiger partial charge in [0.25, 0.3) is 0 Å². The summed E-state index contributed by atoms with van der Waals surface area (Å²) in [7, 11) is 1.61. The van der Waals surface area contributed by atoms with E-state index in [1.807, 2.05) is 24.3 Å². The van der Waals surface area contributed by atoms with Gasteiger partial charge in [-0.2, -0.15) is 0 Å². The topological polar surface area (TPSA) is 64.1 Å². The molecule has 0 atom stereocenters. The summed E-state index contributed by atoms with van der Waals surface area (Å²) in [5.41, 5.74) is 1.68. The van der Waals surface area contributed by atoms with Gasteiger partial charge in [0.15, 0.2) is 0 Å². The van der Waals surface area contributed by atoms with Crippen molar-refractivity contribution in [3.05, 3.63) is 54.1 Å². The molecule has 0 spiro atoms. The van der Waals surface area contributed by atoms with Crippen LogP contribution in [-0.2, 0) is 17.8 Å². The van der Waals surface area contributed by atoms with Crippen LogP contribution in [-0.4, -0.2) is 23.0 Å². The number of carbonyl (C=O) groups excluding carboxylic acids is 1. The number of amides is 1. The van der Waals surface area contributed by atoms with Crippen LogP contribution in [0.3, 0.4) is 0 Å². The van der Waals surface area contributed by atoms with E-state index in [0.29, 0.717) is 13.0 Å². The van der Waals surface area contributed by atoms with Crippen molar-refractivity contribution in [2.75, 3.05) is 7.11 Å². The molecule has 0 aliphatic rings. The first kappa shape index (κ1) is 13.0. The Morgan fingerprint density at radius 2 is 2.05 bits per heavy atom. The summed E-state index contributed by atoms with van der Waals surface area (Å²) in [5.74, 6) is 0.736. The first-order valence-electron chi connectivity index (χ1n) is 5.92.